The highest BCUT2D eigenvalue weighted by molar-refractivity contribution is 5.67. The molecule has 8 heteroatoms. The number of nitrogens with one attached hydrogen (secondary N) is 1. The monoisotopic (exact) mass is 630 g/mol. The zero-order chi connectivity index (χ0) is 32.3. The van der Waals surface area contributed by atoms with Crippen LogP contribution in [0, 0.1) is 56.7 Å². The first-order valence-electron chi connectivity index (χ1n) is 18.3. The standard InChI is InChI=1S/C37H62N2O6/c1-21(2)29(45-32(41)39(8)9)23-18-22(3)28-30(43-23)31(40)35(7)25-11-10-24-33(4,5)26(44-27-19-38-16-17-42-27)12-13-36(24)20-37(25,36)15-14-34(28,35)6/h21-31,38,40H,10-20H2,1-9H3/t22-,23-,24+,25+,26+,27+,28+,29-,30+,31+,34-,35-,36-,37+/m1/s1. The molecule has 2 spiro atoms. The van der Waals surface area contributed by atoms with Crippen molar-refractivity contribution in [1.29, 1.82) is 0 Å². The van der Waals surface area contributed by atoms with Gasteiger partial charge in [-0.3, -0.25) is 0 Å². The summed E-state index contributed by atoms with van der Waals surface area (Å²) in [7, 11) is 3.46. The minimum absolute atomic E-state index is 0.0167. The summed E-state index contributed by atoms with van der Waals surface area (Å²) in [5.41, 5.74) is 0.584. The van der Waals surface area contributed by atoms with E-state index in [4.69, 9.17) is 18.9 Å². The molecule has 7 fully saturated rings. The Hall–Kier alpha value is -0.930. The maximum atomic E-state index is 12.6. The predicted octanol–water partition coefficient (Wildman–Crippen LogP) is 5.85. The van der Waals surface area contributed by atoms with Crippen molar-refractivity contribution in [2.24, 2.45) is 56.7 Å². The van der Waals surface area contributed by atoms with Crippen LogP contribution in [0.5, 0.6) is 0 Å². The molecule has 0 aromatic rings. The molecule has 0 unspecified atom stereocenters. The minimum Gasteiger partial charge on any atom is -0.443 e. The van der Waals surface area contributed by atoms with Crippen LogP contribution in [0.2, 0.25) is 0 Å². The summed E-state index contributed by atoms with van der Waals surface area (Å²) in [4.78, 5) is 14.1. The van der Waals surface area contributed by atoms with Gasteiger partial charge in [0, 0.05) is 32.6 Å². The van der Waals surface area contributed by atoms with Crippen LogP contribution in [0.3, 0.4) is 0 Å². The molecule has 2 heterocycles. The smallest absolute Gasteiger partial charge is 0.409 e. The molecule has 0 aromatic heterocycles. The van der Waals surface area contributed by atoms with Crippen LogP contribution in [-0.2, 0) is 18.9 Å². The predicted molar refractivity (Wildman–Crippen MR) is 172 cm³/mol. The first-order valence-corrected chi connectivity index (χ1v) is 18.3. The Labute approximate surface area is 272 Å². The molecular formula is C37H62N2O6. The van der Waals surface area contributed by atoms with Crippen LogP contribution < -0.4 is 5.32 Å². The Balaban J connectivity index is 1.14. The van der Waals surface area contributed by atoms with Crippen molar-refractivity contribution in [3.05, 3.63) is 0 Å². The van der Waals surface area contributed by atoms with E-state index in [1.54, 1.807) is 14.1 Å². The molecular weight excluding hydrogens is 568 g/mol. The maximum Gasteiger partial charge on any atom is 0.409 e. The first kappa shape index (κ1) is 32.6. The summed E-state index contributed by atoms with van der Waals surface area (Å²) in [5, 5.41) is 16.0. The molecule has 7 aliphatic rings. The summed E-state index contributed by atoms with van der Waals surface area (Å²) in [6, 6.07) is 0. The molecule has 45 heavy (non-hydrogen) atoms. The van der Waals surface area contributed by atoms with Gasteiger partial charge < -0.3 is 34.3 Å². The number of aliphatic hydroxyl groups excluding tert-OH is 1. The fraction of sp³-hybridized carbons (Fsp3) is 0.973. The molecule has 14 atom stereocenters. The van der Waals surface area contributed by atoms with E-state index in [-0.39, 0.29) is 59.0 Å². The van der Waals surface area contributed by atoms with E-state index < -0.39 is 6.10 Å². The zero-order valence-electron chi connectivity index (χ0n) is 29.6. The fourth-order valence-electron chi connectivity index (χ4n) is 13.4. The zero-order valence-corrected chi connectivity index (χ0v) is 29.6. The number of ether oxygens (including phenoxy) is 4. The van der Waals surface area contributed by atoms with Gasteiger partial charge in [0.2, 0.25) is 0 Å². The molecule has 5 aliphatic carbocycles. The van der Waals surface area contributed by atoms with E-state index in [9.17, 15) is 9.90 Å². The summed E-state index contributed by atoms with van der Waals surface area (Å²) in [6.07, 6.45) is 7.83. The SMILES string of the molecule is CC(C)[C@@H](OC(=O)N(C)C)[C@H]1C[C@@H](C)[C@H]2[C@H](O1)[C@H](O)[C@@]1(C)[C@@H]3CC[C@H]4C(C)(C)[C@@H](O[C@H]5CNCCO5)CC[C@@]45C[C@@]35CC[C@]21C. The molecule has 8 nitrogen and oxygen atoms in total. The number of morpholine rings is 1. The molecule has 0 bridgehead atoms. The Bertz CT molecular complexity index is 1160. The highest BCUT2D eigenvalue weighted by Gasteiger charge is 2.84. The number of hydrogen-bond donors (Lipinski definition) is 2. The normalized spacial score (nSPS) is 52.0. The van der Waals surface area contributed by atoms with Gasteiger partial charge in [0.15, 0.2) is 6.29 Å². The van der Waals surface area contributed by atoms with Crippen molar-refractivity contribution in [3.63, 3.8) is 0 Å². The molecule has 1 amide bonds. The summed E-state index contributed by atoms with van der Waals surface area (Å²) in [6.45, 7) is 18.9. The van der Waals surface area contributed by atoms with Gasteiger partial charge in [-0.2, -0.15) is 0 Å². The largest absolute Gasteiger partial charge is 0.443 e. The van der Waals surface area contributed by atoms with Crippen molar-refractivity contribution in [3.8, 4) is 0 Å². The van der Waals surface area contributed by atoms with Gasteiger partial charge in [0.05, 0.1) is 31.0 Å². The van der Waals surface area contributed by atoms with Crippen LogP contribution in [0.25, 0.3) is 0 Å². The number of fused-ring (bicyclic) bond motifs is 4. The molecule has 0 aromatic carbocycles. The van der Waals surface area contributed by atoms with Gasteiger partial charge in [0.25, 0.3) is 0 Å². The third kappa shape index (κ3) is 4.36. The van der Waals surface area contributed by atoms with E-state index >= 15 is 0 Å². The van der Waals surface area contributed by atoms with Crippen LogP contribution in [0.4, 0.5) is 4.79 Å². The lowest BCUT2D eigenvalue weighted by atomic mass is 9.41. The van der Waals surface area contributed by atoms with Crippen LogP contribution >= 0.6 is 0 Å². The number of rotatable bonds is 5. The topological polar surface area (TPSA) is 89.5 Å². The lowest BCUT2D eigenvalue weighted by Crippen LogP contribution is -2.60. The second-order valence-electron chi connectivity index (χ2n) is 18.2. The average Bonchev–Trinajstić information content (AvgIpc) is 3.62. The van der Waals surface area contributed by atoms with Gasteiger partial charge in [-0.25, -0.2) is 4.79 Å². The number of carbonyl (C=O) groups is 1. The second-order valence-corrected chi connectivity index (χ2v) is 18.2. The summed E-state index contributed by atoms with van der Waals surface area (Å²) in [5.74, 6) is 1.96. The van der Waals surface area contributed by atoms with E-state index in [0.29, 0.717) is 34.5 Å². The minimum atomic E-state index is -0.518. The summed E-state index contributed by atoms with van der Waals surface area (Å²) >= 11 is 0. The van der Waals surface area contributed by atoms with Crippen molar-refractivity contribution in [1.82, 2.24) is 10.2 Å². The Morgan fingerprint density at radius 3 is 2.40 bits per heavy atom. The quantitative estimate of drug-likeness (QED) is 0.394. The van der Waals surface area contributed by atoms with E-state index in [1.807, 2.05) is 0 Å². The molecule has 0 radical (unpaired) electrons. The molecule has 5 saturated carbocycles. The fourth-order valence-corrected chi connectivity index (χ4v) is 13.4. The number of amides is 1. The lowest BCUT2D eigenvalue weighted by Gasteiger charge is -2.63. The van der Waals surface area contributed by atoms with Crippen LogP contribution in [0.15, 0.2) is 0 Å². The molecule has 7 rings (SSSR count). The average molecular weight is 631 g/mol. The molecule has 256 valence electrons. The van der Waals surface area contributed by atoms with Gasteiger partial charge in [-0.05, 0) is 103 Å². The molecule has 2 aliphatic heterocycles. The van der Waals surface area contributed by atoms with Crippen molar-refractivity contribution in [2.75, 3.05) is 33.8 Å². The Morgan fingerprint density at radius 1 is 1.02 bits per heavy atom. The molecule has 2 saturated heterocycles. The Morgan fingerprint density at radius 2 is 1.73 bits per heavy atom. The van der Waals surface area contributed by atoms with Crippen LogP contribution in [0.1, 0.15) is 99.8 Å². The van der Waals surface area contributed by atoms with Crippen LogP contribution in [-0.4, -0.2) is 86.7 Å². The maximum absolute atomic E-state index is 12.6. The number of nitrogens with zero attached hydrogens (tertiary/aromatic N) is 1. The van der Waals surface area contributed by atoms with Crippen molar-refractivity contribution in [2.45, 2.75) is 137 Å². The molecule has 2 N–H and O–H groups in total. The highest BCUT2D eigenvalue weighted by atomic mass is 16.7. The third-order valence-electron chi connectivity index (χ3n) is 15.6. The van der Waals surface area contributed by atoms with E-state index in [1.165, 1.54) is 37.0 Å². The van der Waals surface area contributed by atoms with Gasteiger partial charge >= 0.3 is 6.09 Å². The Kier molecular flexibility index (Phi) is 7.82. The van der Waals surface area contributed by atoms with Crippen molar-refractivity contribution < 1.29 is 28.8 Å². The second kappa shape index (κ2) is 10.8. The third-order valence-corrected chi connectivity index (χ3v) is 15.6. The van der Waals surface area contributed by atoms with Gasteiger partial charge in [0.1, 0.15) is 6.10 Å². The van der Waals surface area contributed by atoms with E-state index in [2.05, 4.69) is 53.8 Å². The number of carbonyl (C=O) groups excluding carboxylic acids is 1. The summed E-state index contributed by atoms with van der Waals surface area (Å²) < 4.78 is 25.7. The number of hydrogen-bond acceptors (Lipinski definition) is 7. The van der Waals surface area contributed by atoms with Gasteiger partial charge in [-0.1, -0.05) is 48.5 Å². The number of aliphatic hydroxyl groups is 1. The first-order chi connectivity index (χ1) is 21.1. The lowest BCUT2D eigenvalue weighted by molar-refractivity contribution is -0.237. The van der Waals surface area contributed by atoms with Gasteiger partial charge in [-0.15, -0.1) is 0 Å². The van der Waals surface area contributed by atoms with E-state index in [0.717, 1.165) is 39.0 Å². The van der Waals surface area contributed by atoms with Crippen molar-refractivity contribution >= 4 is 6.09 Å². The highest BCUT2D eigenvalue weighted by Crippen LogP contribution is 2.89.